The second kappa shape index (κ2) is 11.9. The van der Waals surface area contributed by atoms with Crippen molar-refractivity contribution in [2.24, 2.45) is 5.41 Å². The number of nitrogens with one attached hydrogen (secondary N) is 2. The van der Waals surface area contributed by atoms with Gasteiger partial charge >= 0.3 is 5.97 Å². The molecule has 0 fully saturated rings. The van der Waals surface area contributed by atoms with Crippen molar-refractivity contribution < 1.29 is 36.3 Å². The molecule has 0 saturated heterocycles. The smallest absolute Gasteiger partial charge is 0.343 e. The van der Waals surface area contributed by atoms with Gasteiger partial charge in [0, 0.05) is 17.6 Å². The molecule has 43 heavy (non-hydrogen) atoms. The van der Waals surface area contributed by atoms with Gasteiger partial charge in [-0.15, -0.1) is 6.42 Å². The maximum atomic E-state index is 13.9. The van der Waals surface area contributed by atoms with Crippen LogP contribution in [0.3, 0.4) is 0 Å². The summed E-state index contributed by atoms with van der Waals surface area (Å²) in [7, 11) is 0. The van der Waals surface area contributed by atoms with E-state index in [-0.39, 0.29) is 35.9 Å². The number of carbonyl (C=O) groups is 2. The van der Waals surface area contributed by atoms with E-state index < -0.39 is 51.8 Å². The largest absolute Gasteiger partial charge is 0.416 e. The predicted octanol–water partition coefficient (Wildman–Crippen LogP) is 5.46. The Balaban J connectivity index is 1.54. The molecule has 1 heterocycles. The molecule has 0 aliphatic heterocycles. The number of hydrogen-bond acceptors (Lipinski definition) is 6. The number of halogens is 5. The first-order chi connectivity index (χ1) is 20.2. The monoisotopic (exact) mass is 598 g/mol. The van der Waals surface area contributed by atoms with Gasteiger partial charge in [0.2, 0.25) is 46.7 Å². The maximum Gasteiger partial charge on any atom is 0.343 e. The molecule has 13 heteroatoms. The number of nitrogens with zero attached hydrogens (tertiary/aromatic N) is 2. The van der Waals surface area contributed by atoms with E-state index >= 15 is 0 Å². The molecule has 0 atom stereocenters. The van der Waals surface area contributed by atoms with Gasteiger partial charge in [-0.3, -0.25) is 19.9 Å². The first-order valence-electron chi connectivity index (χ1n) is 12.6. The number of esters is 1. The SMILES string of the molecule is C#CCN(Cc1ccc2nc(NC(=O)C(C)(C)C)[nH]c(=O)c2c1)c1ccc(C(=O)Oc2c(F)c(F)c(F)c(F)c2F)cc1. The van der Waals surface area contributed by atoms with Gasteiger partial charge in [0.05, 0.1) is 23.0 Å². The number of aromatic amines is 1. The molecular formula is C30H23F5N4O4. The van der Waals surface area contributed by atoms with Gasteiger partial charge in [0.15, 0.2) is 0 Å². The summed E-state index contributed by atoms with van der Waals surface area (Å²) < 4.78 is 72.5. The van der Waals surface area contributed by atoms with E-state index in [1.165, 1.54) is 24.3 Å². The van der Waals surface area contributed by atoms with Gasteiger partial charge < -0.3 is 9.64 Å². The fourth-order valence-electron chi connectivity index (χ4n) is 3.84. The van der Waals surface area contributed by atoms with Crippen molar-refractivity contribution in [3.63, 3.8) is 0 Å². The number of aromatic nitrogens is 2. The summed E-state index contributed by atoms with van der Waals surface area (Å²) in [5, 5.41) is 2.85. The summed E-state index contributed by atoms with van der Waals surface area (Å²) in [6.07, 6.45) is 5.53. The van der Waals surface area contributed by atoms with Crippen LogP contribution in [0, 0.1) is 46.8 Å². The molecule has 0 saturated carbocycles. The molecule has 1 amide bonds. The number of terminal acetylenes is 1. The van der Waals surface area contributed by atoms with Crippen LogP contribution < -0.4 is 20.5 Å². The first kappa shape index (κ1) is 30.7. The third kappa shape index (κ3) is 6.48. The summed E-state index contributed by atoms with van der Waals surface area (Å²) in [5.41, 5.74) is 0.0849. The third-order valence-corrected chi connectivity index (χ3v) is 6.17. The number of anilines is 2. The highest BCUT2D eigenvalue weighted by Gasteiger charge is 2.29. The van der Waals surface area contributed by atoms with Gasteiger partial charge in [-0.1, -0.05) is 32.8 Å². The van der Waals surface area contributed by atoms with Crippen LogP contribution in [0.2, 0.25) is 0 Å². The van der Waals surface area contributed by atoms with Gasteiger partial charge in [-0.2, -0.15) is 8.78 Å². The van der Waals surface area contributed by atoms with E-state index in [9.17, 15) is 36.3 Å². The average Bonchev–Trinajstić information content (AvgIpc) is 2.97. The maximum absolute atomic E-state index is 13.9. The minimum atomic E-state index is -2.38. The standard InChI is InChI=1S/C30H23F5N4O4/c1-5-12-39(14-15-6-11-19-18(13-15)26(40)37-29(36-19)38-28(42)30(2,3)4)17-9-7-16(8-10-17)27(41)43-25-23(34)21(32)20(31)22(33)24(25)35/h1,6-11,13H,12,14H2,2-4H3,(H2,36,37,38,40,42). The highest BCUT2D eigenvalue weighted by atomic mass is 19.2. The Hall–Kier alpha value is -5.25. The normalized spacial score (nSPS) is 11.2. The molecular weight excluding hydrogens is 575 g/mol. The summed E-state index contributed by atoms with van der Waals surface area (Å²) in [5.74, 6) is -12.3. The Bertz CT molecular complexity index is 1810. The first-order valence-corrected chi connectivity index (χ1v) is 12.6. The van der Waals surface area contributed by atoms with Crippen LogP contribution in [-0.4, -0.2) is 28.4 Å². The Kier molecular flexibility index (Phi) is 8.52. The van der Waals surface area contributed by atoms with Crippen molar-refractivity contribution in [3.05, 3.63) is 93.0 Å². The van der Waals surface area contributed by atoms with Crippen molar-refractivity contribution in [3.8, 4) is 18.1 Å². The van der Waals surface area contributed by atoms with Gasteiger partial charge in [-0.25, -0.2) is 22.9 Å². The molecule has 0 radical (unpaired) electrons. The topological polar surface area (TPSA) is 104 Å². The highest BCUT2D eigenvalue weighted by Crippen LogP contribution is 2.30. The number of carbonyl (C=O) groups excluding carboxylic acids is 2. The molecule has 8 nitrogen and oxygen atoms in total. The van der Waals surface area contributed by atoms with Crippen LogP contribution in [0.25, 0.3) is 10.9 Å². The number of hydrogen-bond donors (Lipinski definition) is 2. The lowest BCUT2D eigenvalue weighted by molar-refractivity contribution is -0.123. The van der Waals surface area contributed by atoms with Crippen LogP contribution in [0.4, 0.5) is 33.6 Å². The highest BCUT2D eigenvalue weighted by molar-refractivity contribution is 5.94. The fraction of sp³-hybridized carbons (Fsp3) is 0.200. The van der Waals surface area contributed by atoms with E-state index in [1.807, 2.05) is 0 Å². The molecule has 0 bridgehead atoms. The van der Waals surface area contributed by atoms with E-state index in [2.05, 4.69) is 25.9 Å². The van der Waals surface area contributed by atoms with Gasteiger partial charge in [0.1, 0.15) is 0 Å². The molecule has 4 aromatic rings. The van der Waals surface area contributed by atoms with Crippen LogP contribution in [-0.2, 0) is 11.3 Å². The lowest BCUT2D eigenvalue weighted by atomic mass is 9.96. The Morgan fingerprint density at radius 3 is 2.16 bits per heavy atom. The average molecular weight is 599 g/mol. The zero-order valence-corrected chi connectivity index (χ0v) is 23.0. The number of amides is 1. The lowest BCUT2D eigenvalue weighted by Gasteiger charge is -2.23. The molecule has 0 spiro atoms. The molecule has 222 valence electrons. The van der Waals surface area contributed by atoms with E-state index in [0.29, 0.717) is 16.8 Å². The number of fused-ring (bicyclic) bond motifs is 1. The third-order valence-electron chi connectivity index (χ3n) is 6.17. The zero-order chi connectivity index (χ0) is 31.6. The minimum Gasteiger partial charge on any atom is -0.416 e. The van der Waals surface area contributed by atoms with Crippen molar-refractivity contribution in [2.45, 2.75) is 27.3 Å². The van der Waals surface area contributed by atoms with Crippen molar-refractivity contribution >= 4 is 34.4 Å². The van der Waals surface area contributed by atoms with Crippen LogP contribution in [0.15, 0.2) is 47.3 Å². The molecule has 0 unspecified atom stereocenters. The summed E-state index contributed by atoms with van der Waals surface area (Å²) in [4.78, 5) is 46.0. The van der Waals surface area contributed by atoms with Crippen molar-refractivity contribution in [2.75, 3.05) is 16.8 Å². The predicted molar refractivity (Wildman–Crippen MR) is 148 cm³/mol. The zero-order valence-electron chi connectivity index (χ0n) is 23.0. The van der Waals surface area contributed by atoms with Crippen molar-refractivity contribution in [1.29, 1.82) is 0 Å². The number of rotatable bonds is 7. The molecule has 2 N–H and O–H groups in total. The molecule has 0 aliphatic rings. The number of ether oxygens (including phenoxy) is 1. The molecule has 3 aromatic carbocycles. The fourth-order valence-corrected chi connectivity index (χ4v) is 3.84. The molecule has 4 rings (SSSR count). The second-order valence-electron chi connectivity index (χ2n) is 10.4. The van der Waals surface area contributed by atoms with E-state index in [4.69, 9.17) is 6.42 Å². The quantitative estimate of drug-likeness (QED) is 0.0731. The Morgan fingerprint density at radius 2 is 1.58 bits per heavy atom. The Morgan fingerprint density at radius 1 is 0.977 bits per heavy atom. The molecule has 0 aliphatic carbocycles. The molecule has 1 aromatic heterocycles. The van der Waals surface area contributed by atoms with Crippen LogP contribution in [0.1, 0.15) is 36.7 Å². The van der Waals surface area contributed by atoms with E-state index in [1.54, 1.807) is 43.9 Å². The van der Waals surface area contributed by atoms with E-state index in [0.717, 1.165) is 0 Å². The summed E-state index contributed by atoms with van der Waals surface area (Å²) >= 11 is 0. The van der Waals surface area contributed by atoms with Gasteiger partial charge in [0.25, 0.3) is 5.56 Å². The lowest BCUT2D eigenvalue weighted by Crippen LogP contribution is -2.29. The second-order valence-corrected chi connectivity index (χ2v) is 10.4. The summed E-state index contributed by atoms with van der Waals surface area (Å²) in [6, 6.07) is 10.2. The van der Waals surface area contributed by atoms with Gasteiger partial charge in [-0.05, 0) is 42.0 Å². The minimum absolute atomic E-state index is 0.0120. The number of benzene rings is 3. The Labute approximate surface area is 241 Å². The summed E-state index contributed by atoms with van der Waals surface area (Å²) in [6.45, 7) is 5.45. The van der Waals surface area contributed by atoms with Crippen LogP contribution >= 0.6 is 0 Å². The van der Waals surface area contributed by atoms with Crippen LogP contribution in [0.5, 0.6) is 5.75 Å². The van der Waals surface area contributed by atoms with Crippen molar-refractivity contribution in [1.82, 2.24) is 9.97 Å². The number of H-pyrrole nitrogens is 1.